The van der Waals surface area contributed by atoms with Crippen molar-refractivity contribution >= 4 is 17.2 Å². The minimum atomic E-state index is -0.0582. The van der Waals surface area contributed by atoms with Crippen LogP contribution in [0, 0.1) is 6.92 Å². The van der Waals surface area contributed by atoms with E-state index < -0.39 is 0 Å². The molecule has 0 saturated carbocycles. The number of thiophene rings is 1. The van der Waals surface area contributed by atoms with Crippen LogP contribution in [0.25, 0.3) is 11.4 Å². The second-order valence-electron chi connectivity index (χ2n) is 6.22. The van der Waals surface area contributed by atoms with Crippen molar-refractivity contribution in [3.05, 3.63) is 57.6 Å². The maximum absolute atomic E-state index is 12.4. The predicted molar refractivity (Wildman–Crippen MR) is 97.9 cm³/mol. The van der Waals surface area contributed by atoms with Crippen molar-refractivity contribution in [2.45, 2.75) is 32.4 Å². The lowest BCUT2D eigenvalue weighted by Gasteiger charge is -2.06. The molecule has 0 bridgehead atoms. The summed E-state index contributed by atoms with van der Waals surface area (Å²) in [7, 11) is 0. The highest BCUT2D eigenvalue weighted by molar-refractivity contribution is 7.14. The van der Waals surface area contributed by atoms with Crippen molar-refractivity contribution in [2.24, 2.45) is 0 Å². The summed E-state index contributed by atoms with van der Waals surface area (Å²) < 4.78 is 10.7. The van der Waals surface area contributed by atoms with Crippen LogP contribution in [0.3, 0.4) is 0 Å². The fourth-order valence-electron chi connectivity index (χ4n) is 2.91. The van der Waals surface area contributed by atoms with Gasteiger partial charge in [-0.3, -0.25) is 4.79 Å². The van der Waals surface area contributed by atoms with Gasteiger partial charge in [-0.05, 0) is 30.5 Å². The summed E-state index contributed by atoms with van der Waals surface area (Å²) in [5.41, 5.74) is 1.90. The molecule has 1 aliphatic rings. The third-order valence-electron chi connectivity index (χ3n) is 4.29. The van der Waals surface area contributed by atoms with Crippen LogP contribution in [0.5, 0.6) is 0 Å². The van der Waals surface area contributed by atoms with E-state index in [1.54, 1.807) is 6.92 Å². The molecule has 0 radical (unpaired) electrons. The predicted octanol–water partition coefficient (Wildman–Crippen LogP) is 3.89. The van der Waals surface area contributed by atoms with Gasteiger partial charge >= 0.3 is 0 Å². The molecule has 4 rings (SSSR count). The molecular formula is C19H19N3O3S. The Morgan fingerprint density at radius 2 is 2.12 bits per heavy atom. The van der Waals surface area contributed by atoms with Crippen LogP contribution in [0.1, 0.15) is 44.9 Å². The van der Waals surface area contributed by atoms with Gasteiger partial charge < -0.3 is 14.6 Å². The van der Waals surface area contributed by atoms with Crippen LogP contribution in [-0.2, 0) is 11.3 Å². The summed E-state index contributed by atoms with van der Waals surface area (Å²) in [5.74, 6) is 1.05. The normalized spacial score (nSPS) is 16.7. The van der Waals surface area contributed by atoms with E-state index in [1.807, 2.05) is 36.4 Å². The van der Waals surface area contributed by atoms with Crippen molar-refractivity contribution < 1.29 is 14.1 Å². The van der Waals surface area contributed by atoms with Crippen LogP contribution in [0.2, 0.25) is 0 Å². The van der Waals surface area contributed by atoms with Crippen LogP contribution in [0.15, 0.2) is 40.9 Å². The molecule has 1 N–H and O–H groups in total. The molecule has 1 unspecified atom stereocenters. The molecule has 7 heteroatoms. The average Bonchev–Trinajstić information content (AvgIpc) is 3.40. The highest BCUT2D eigenvalue weighted by Gasteiger charge is 2.20. The number of aromatic nitrogens is 2. The summed E-state index contributed by atoms with van der Waals surface area (Å²) in [6, 6.07) is 11.6. The first-order valence-electron chi connectivity index (χ1n) is 8.58. The Bertz CT molecular complexity index is 895. The third-order valence-corrected chi connectivity index (χ3v) is 5.47. The number of ether oxygens (including phenoxy) is 1. The average molecular weight is 369 g/mol. The smallest absolute Gasteiger partial charge is 0.261 e. The van der Waals surface area contributed by atoms with E-state index in [1.165, 1.54) is 11.3 Å². The molecule has 1 aliphatic heterocycles. The van der Waals surface area contributed by atoms with Crippen molar-refractivity contribution in [3.8, 4) is 11.4 Å². The number of benzene rings is 1. The van der Waals surface area contributed by atoms with Crippen molar-refractivity contribution in [2.75, 3.05) is 6.61 Å². The second kappa shape index (κ2) is 7.39. The first-order chi connectivity index (χ1) is 12.7. The molecule has 1 amide bonds. The molecule has 26 heavy (non-hydrogen) atoms. The quantitative estimate of drug-likeness (QED) is 0.738. The van der Waals surface area contributed by atoms with E-state index >= 15 is 0 Å². The Morgan fingerprint density at radius 1 is 1.27 bits per heavy atom. The van der Waals surface area contributed by atoms with Crippen LogP contribution in [-0.4, -0.2) is 22.7 Å². The van der Waals surface area contributed by atoms with E-state index in [4.69, 9.17) is 9.26 Å². The van der Waals surface area contributed by atoms with Gasteiger partial charge in [-0.15, -0.1) is 11.3 Å². The van der Waals surface area contributed by atoms with E-state index in [-0.39, 0.29) is 12.0 Å². The second-order valence-corrected chi connectivity index (χ2v) is 7.34. The summed E-state index contributed by atoms with van der Waals surface area (Å²) in [4.78, 5) is 18.4. The Labute approximate surface area is 155 Å². The summed E-state index contributed by atoms with van der Waals surface area (Å²) in [6.45, 7) is 3.04. The van der Waals surface area contributed by atoms with E-state index in [9.17, 15) is 4.79 Å². The number of nitrogens with one attached hydrogen (secondary N) is 1. The minimum absolute atomic E-state index is 0.0582. The molecule has 1 saturated heterocycles. The van der Waals surface area contributed by atoms with Gasteiger partial charge in [-0.2, -0.15) is 4.98 Å². The zero-order valence-corrected chi connectivity index (χ0v) is 15.2. The fraction of sp³-hybridized carbons (Fsp3) is 0.316. The number of nitrogens with zero attached hydrogens (tertiary/aromatic N) is 2. The first-order valence-corrected chi connectivity index (χ1v) is 9.40. The van der Waals surface area contributed by atoms with Gasteiger partial charge in [-0.1, -0.05) is 29.4 Å². The number of carbonyl (C=O) groups excluding carboxylic acids is 1. The number of amides is 1. The van der Waals surface area contributed by atoms with E-state index in [0.29, 0.717) is 18.3 Å². The van der Waals surface area contributed by atoms with Gasteiger partial charge in [0.05, 0.1) is 11.0 Å². The largest absolute Gasteiger partial charge is 0.373 e. The van der Waals surface area contributed by atoms with Gasteiger partial charge in [0, 0.05) is 30.5 Å². The van der Waals surface area contributed by atoms with Gasteiger partial charge in [0.25, 0.3) is 5.91 Å². The molecule has 3 aromatic rings. The zero-order valence-electron chi connectivity index (χ0n) is 14.4. The highest BCUT2D eigenvalue weighted by Crippen LogP contribution is 2.33. The highest BCUT2D eigenvalue weighted by atomic mass is 32.1. The molecule has 6 nitrogen and oxygen atoms in total. The lowest BCUT2D eigenvalue weighted by molar-refractivity contribution is 0.0955. The number of aryl methyl sites for hydroxylation is 1. The van der Waals surface area contributed by atoms with E-state index in [0.717, 1.165) is 40.3 Å². The fourth-order valence-corrected chi connectivity index (χ4v) is 3.92. The molecule has 0 spiro atoms. The van der Waals surface area contributed by atoms with Gasteiger partial charge in [0.2, 0.25) is 11.7 Å². The summed E-state index contributed by atoms with van der Waals surface area (Å²) in [5, 5.41) is 6.86. The maximum atomic E-state index is 12.4. The molecular weight excluding hydrogens is 350 g/mol. The number of hydrogen-bond acceptors (Lipinski definition) is 6. The van der Waals surface area contributed by atoms with Crippen molar-refractivity contribution in [3.63, 3.8) is 0 Å². The third kappa shape index (κ3) is 3.68. The Hall–Kier alpha value is -2.51. The topological polar surface area (TPSA) is 77.2 Å². The lowest BCUT2D eigenvalue weighted by atomic mass is 10.1. The zero-order chi connectivity index (χ0) is 17.9. The molecule has 3 heterocycles. The monoisotopic (exact) mass is 369 g/mol. The molecule has 1 fully saturated rings. The van der Waals surface area contributed by atoms with Crippen molar-refractivity contribution in [1.82, 2.24) is 15.5 Å². The number of carbonyl (C=O) groups is 1. The van der Waals surface area contributed by atoms with Crippen LogP contribution >= 0.6 is 11.3 Å². The van der Waals surface area contributed by atoms with Gasteiger partial charge in [-0.25, -0.2) is 0 Å². The summed E-state index contributed by atoms with van der Waals surface area (Å²) in [6.07, 6.45) is 2.28. The molecule has 134 valence electrons. The van der Waals surface area contributed by atoms with Crippen molar-refractivity contribution in [1.29, 1.82) is 0 Å². The standard InChI is InChI=1S/C19H19N3O3S/c1-12-21-18(22-25-12)14-6-4-13(5-7-14)11-20-19(23)17-9-8-16(26-17)15-3-2-10-24-15/h4-9,15H,2-3,10-11H2,1H3,(H,20,23). The number of hydrogen-bond donors (Lipinski definition) is 1. The Balaban J connectivity index is 1.35. The molecule has 1 aromatic carbocycles. The SMILES string of the molecule is Cc1nc(-c2ccc(CNC(=O)c3ccc(C4CCCO4)s3)cc2)no1. The Morgan fingerprint density at radius 3 is 2.81 bits per heavy atom. The Kier molecular flexibility index (Phi) is 4.81. The number of rotatable bonds is 5. The van der Waals surface area contributed by atoms with Gasteiger partial charge in [0.15, 0.2) is 0 Å². The van der Waals surface area contributed by atoms with Crippen LogP contribution in [0.4, 0.5) is 0 Å². The maximum Gasteiger partial charge on any atom is 0.261 e. The lowest BCUT2D eigenvalue weighted by Crippen LogP contribution is -2.21. The molecule has 1 atom stereocenters. The molecule has 2 aromatic heterocycles. The first kappa shape index (κ1) is 16.9. The van der Waals surface area contributed by atoms with Crippen LogP contribution < -0.4 is 5.32 Å². The molecule has 0 aliphatic carbocycles. The van der Waals surface area contributed by atoms with Gasteiger partial charge in [0.1, 0.15) is 0 Å². The summed E-state index contributed by atoms with van der Waals surface area (Å²) >= 11 is 1.51. The minimum Gasteiger partial charge on any atom is -0.373 e. The van der Waals surface area contributed by atoms with E-state index in [2.05, 4.69) is 15.5 Å².